The lowest BCUT2D eigenvalue weighted by atomic mass is 9.97. The summed E-state index contributed by atoms with van der Waals surface area (Å²) >= 11 is 7.67. The summed E-state index contributed by atoms with van der Waals surface area (Å²) in [6, 6.07) is 15.5. The number of benzene rings is 2. The molecular weight excluding hydrogens is 424 g/mol. The highest BCUT2D eigenvalue weighted by Gasteiger charge is 2.27. The van der Waals surface area contributed by atoms with Gasteiger partial charge in [0, 0.05) is 30.7 Å². The van der Waals surface area contributed by atoms with Crippen molar-refractivity contribution in [2.75, 3.05) is 13.1 Å². The molecule has 2 aromatic carbocycles. The number of halogens is 1. The molecule has 0 spiro atoms. The van der Waals surface area contributed by atoms with Gasteiger partial charge in [0.1, 0.15) is 0 Å². The molecule has 1 N–H and O–H groups in total. The van der Waals surface area contributed by atoms with E-state index < -0.39 is 10.0 Å². The standard InChI is InChI=1S/C22H23ClN2O2S2/c1-16-6-7-20(23)12-22(16)29(26,27)24-13-21(19-9-11-28-15-19)25-10-8-17-4-2-3-5-18(17)14-25/h2-7,9,11-12,15,21,24H,8,10,13-14H2,1H3. The van der Waals surface area contributed by atoms with Crippen LogP contribution in [0.25, 0.3) is 0 Å². The summed E-state index contributed by atoms with van der Waals surface area (Å²) in [5.74, 6) is 0. The first-order valence-electron chi connectivity index (χ1n) is 9.53. The Hall–Kier alpha value is -1.70. The van der Waals surface area contributed by atoms with Crippen molar-refractivity contribution in [1.29, 1.82) is 0 Å². The number of thiophene rings is 1. The smallest absolute Gasteiger partial charge is 0.240 e. The molecule has 1 atom stereocenters. The van der Waals surface area contributed by atoms with Crippen LogP contribution in [0.3, 0.4) is 0 Å². The molecule has 1 aliphatic rings. The molecular formula is C22H23ClN2O2S2. The van der Waals surface area contributed by atoms with Gasteiger partial charge in [-0.2, -0.15) is 11.3 Å². The summed E-state index contributed by atoms with van der Waals surface area (Å²) in [5, 5.41) is 4.55. The van der Waals surface area contributed by atoms with E-state index in [9.17, 15) is 8.42 Å². The molecule has 1 aromatic heterocycles. The van der Waals surface area contributed by atoms with Gasteiger partial charge in [0.15, 0.2) is 0 Å². The molecule has 0 saturated carbocycles. The SMILES string of the molecule is Cc1ccc(Cl)cc1S(=O)(=O)NCC(c1ccsc1)N1CCc2ccccc2C1. The zero-order chi connectivity index (χ0) is 20.4. The van der Waals surface area contributed by atoms with Crippen molar-refractivity contribution in [1.82, 2.24) is 9.62 Å². The van der Waals surface area contributed by atoms with Gasteiger partial charge in [-0.3, -0.25) is 4.90 Å². The highest BCUT2D eigenvalue weighted by Crippen LogP contribution is 2.29. The van der Waals surface area contributed by atoms with E-state index in [4.69, 9.17) is 11.6 Å². The van der Waals surface area contributed by atoms with Gasteiger partial charge in [-0.05, 0) is 64.6 Å². The molecule has 7 heteroatoms. The van der Waals surface area contributed by atoms with Crippen LogP contribution in [-0.4, -0.2) is 26.4 Å². The molecule has 3 aromatic rings. The first-order valence-corrected chi connectivity index (χ1v) is 12.3. The molecule has 1 aliphatic heterocycles. The van der Waals surface area contributed by atoms with Gasteiger partial charge >= 0.3 is 0 Å². The van der Waals surface area contributed by atoms with Gasteiger partial charge in [-0.15, -0.1) is 0 Å². The van der Waals surface area contributed by atoms with Crippen LogP contribution in [0.2, 0.25) is 5.02 Å². The highest BCUT2D eigenvalue weighted by molar-refractivity contribution is 7.89. The monoisotopic (exact) mass is 446 g/mol. The predicted molar refractivity (Wildman–Crippen MR) is 119 cm³/mol. The van der Waals surface area contributed by atoms with E-state index in [2.05, 4.69) is 45.3 Å². The molecule has 152 valence electrons. The lowest BCUT2D eigenvalue weighted by Crippen LogP contribution is -2.40. The summed E-state index contributed by atoms with van der Waals surface area (Å²) in [6.07, 6.45) is 0.969. The lowest BCUT2D eigenvalue weighted by Gasteiger charge is -2.35. The third-order valence-corrected chi connectivity index (χ3v) is 7.94. The first-order chi connectivity index (χ1) is 13.9. The highest BCUT2D eigenvalue weighted by atomic mass is 35.5. The Balaban J connectivity index is 1.57. The van der Waals surface area contributed by atoms with Crippen molar-refractivity contribution in [3.63, 3.8) is 0 Å². The van der Waals surface area contributed by atoms with E-state index >= 15 is 0 Å². The Morgan fingerprint density at radius 1 is 1.17 bits per heavy atom. The summed E-state index contributed by atoms with van der Waals surface area (Å²) < 4.78 is 28.8. The van der Waals surface area contributed by atoms with E-state index in [1.54, 1.807) is 30.4 Å². The Morgan fingerprint density at radius 2 is 1.97 bits per heavy atom. The van der Waals surface area contributed by atoms with Crippen LogP contribution < -0.4 is 4.72 Å². The summed E-state index contributed by atoms with van der Waals surface area (Å²) in [7, 11) is -3.66. The third-order valence-electron chi connectivity index (χ3n) is 5.44. The zero-order valence-corrected chi connectivity index (χ0v) is 18.5. The molecule has 0 aliphatic carbocycles. The van der Waals surface area contributed by atoms with E-state index in [1.807, 2.05) is 5.38 Å². The van der Waals surface area contributed by atoms with Crippen LogP contribution in [0, 0.1) is 6.92 Å². The number of nitrogens with zero attached hydrogens (tertiary/aromatic N) is 1. The van der Waals surface area contributed by atoms with Gasteiger partial charge < -0.3 is 0 Å². The number of sulfonamides is 1. The number of nitrogens with one attached hydrogen (secondary N) is 1. The maximum Gasteiger partial charge on any atom is 0.240 e. The minimum Gasteiger partial charge on any atom is -0.290 e. The second-order valence-electron chi connectivity index (χ2n) is 7.32. The molecule has 0 bridgehead atoms. The Morgan fingerprint density at radius 3 is 2.72 bits per heavy atom. The zero-order valence-electron chi connectivity index (χ0n) is 16.1. The summed E-state index contributed by atoms with van der Waals surface area (Å²) in [5.41, 5.74) is 4.51. The first kappa shape index (κ1) is 20.6. The van der Waals surface area contributed by atoms with Gasteiger partial charge in [-0.1, -0.05) is 41.9 Å². The predicted octanol–water partition coefficient (Wildman–Crippen LogP) is 4.79. The second kappa shape index (κ2) is 8.58. The minimum absolute atomic E-state index is 0.0242. The van der Waals surface area contributed by atoms with E-state index in [0.717, 1.165) is 25.1 Å². The number of hydrogen-bond donors (Lipinski definition) is 1. The van der Waals surface area contributed by atoms with Crippen LogP contribution in [-0.2, 0) is 23.0 Å². The van der Waals surface area contributed by atoms with Crippen molar-refractivity contribution in [2.45, 2.75) is 30.8 Å². The molecule has 0 radical (unpaired) electrons. The molecule has 2 heterocycles. The maximum atomic E-state index is 13.0. The Bertz CT molecular complexity index is 1100. The Kier molecular flexibility index (Phi) is 6.08. The van der Waals surface area contributed by atoms with Crippen molar-refractivity contribution in [3.05, 3.63) is 86.6 Å². The quantitative estimate of drug-likeness (QED) is 0.592. The van der Waals surface area contributed by atoms with Crippen LogP contribution in [0.4, 0.5) is 0 Å². The van der Waals surface area contributed by atoms with Crippen LogP contribution in [0.5, 0.6) is 0 Å². The third kappa shape index (κ3) is 4.57. The number of aryl methyl sites for hydroxylation is 1. The average Bonchev–Trinajstić information content (AvgIpc) is 3.24. The van der Waals surface area contributed by atoms with Gasteiger partial charge in [0.25, 0.3) is 0 Å². The topological polar surface area (TPSA) is 49.4 Å². The lowest BCUT2D eigenvalue weighted by molar-refractivity contribution is 0.181. The van der Waals surface area contributed by atoms with Gasteiger partial charge in [-0.25, -0.2) is 13.1 Å². The summed E-state index contributed by atoms with van der Waals surface area (Å²) in [6.45, 7) is 3.81. The molecule has 0 amide bonds. The second-order valence-corrected chi connectivity index (χ2v) is 10.3. The Labute approximate surface area is 181 Å². The fourth-order valence-electron chi connectivity index (χ4n) is 3.84. The molecule has 4 nitrogen and oxygen atoms in total. The molecule has 4 rings (SSSR count). The maximum absolute atomic E-state index is 13.0. The van der Waals surface area contributed by atoms with Crippen molar-refractivity contribution >= 4 is 33.0 Å². The molecule has 1 unspecified atom stereocenters. The van der Waals surface area contributed by atoms with Crippen molar-refractivity contribution in [3.8, 4) is 0 Å². The van der Waals surface area contributed by atoms with E-state index in [-0.39, 0.29) is 10.9 Å². The fourth-order valence-corrected chi connectivity index (χ4v) is 6.09. The fraction of sp³-hybridized carbons (Fsp3) is 0.273. The van der Waals surface area contributed by atoms with E-state index in [1.165, 1.54) is 17.2 Å². The van der Waals surface area contributed by atoms with E-state index in [0.29, 0.717) is 17.1 Å². The van der Waals surface area contributed by atoms with Crippen LogP contribution in [0.1, 0.15) is 28.3 Å². The minimum atomic E-state index is -3.66. The van der Waals surface area contributed by atoms with Crippen LogP contribution in [0.15, 0.2) is 64.2 Å². The number of fused-ring (bicyclic) bond motifs is 1. The number of hydrogen-bond acceptors (Lipinski definition) is 4. The normalized spacial score (nSPS) is 15.8. The average molecular weight is 447 g/mol. The summed E-state index contributed by atoms with van der Waals surface area (Å²) in [4.78, 5) is 2.59. The molecule has 0 saturated heterocycles. The number of rotatable bonds is 6. The molecule has 0 fully saturated rings. The van der Waals surface area contributed by atoms with Crippen LogP contribution >= 0.6 is 22.9 Å². The van der Waals surface area contributed by atoms with Crippen molar-refractivity contribution < 1.29 is 8.42 Å². The largest absolute Gasteiger partial charge is 0.290 e. The van der Waals surface area contributed by atoms with Crippen molar-refractivity contribution in [2.24, 2.45) is 0 Å². The molecule has 29 heavy (non-hydrogen) atoms. The van der Waals surface area contributed by atoms with Gasteiger partial charge in [0.05, 0.1) is 4.90 Å². The van der Waals surface area contributed by atoms with Gasteiger partial charge in [0.2, 0.25) is 10.0 Å².